The number of carbonyl (C=O) groups is 3. The van der Waals surface area contributed by atoms with E-state index in [1.807, 2.05) is 0 Å². The van der Waals surface area contributed by atoms with Gasteiger partial charge in [0.2, 0.25) is 11.8 Å². The van der Waals surface area contributed by atoms with Crippen LogP contribution in [0.3, 0.4) is 0 Å². The van der Waals surface area contributed by atoms with Crippen LogP contribution in [-0.2, 0) is 14.3 Å². The van der Waals surface area contributed by atoms with Crippen molar-refractivity contribution in [2.24, 2.45) is 5.92 Å². The van der Waals surface area contributed by atoms with Crippen molar-refractivity contribution in [3.05, 3.63) is 16.9 Å². The molecule has 0 atom stereocenters. The first kappa shape index (κ1) is 17.7. The number of carbonyl (C=O) groups excluding carboxylic acids is 3. The molecule has 0 radical (unpaired) electrons. The predicted octanol–water partition coefficient (Wildman–Crippen LogP) is 2.54. The van der Waals surface area contributed by atoms with Gasteiger partial charge < -0.3 is 13.9 Å². The molecule has 1 aromatic heterocycles. The molecule has 0 saturated heterocycles. The Kier molecular flexibility index (Phi) is 6.15. The van der Waals surface area contributed by atoms with E-state index in [2.05, 4.69) is 5.32 Å². The number of anilines is 1. The van der Waals surface area contributed by atoms with Crippen molar-refractivity contribution >= 4 is 23.7 Å². The molecule has 7 heteroatoms. The lowest BCUT2D eigenvalue weighted by Gasteiger charge is -2.08. The van der Waals surface area contributed by atoms with Gasteiger partial charge in [-0.2, -0.15) is 0 Å². The van der Waals surface area contributed by atoms with Crippen LogP contribution in [0.5, 0.6) is 0 Å². The molecule has 1 rings (SSSR count). The molecule has 1 heterocycles. The number of esters is 2. The maximum absolute atomic E-state index is 12.1. The first-order valence-corrected chi connectivity index (χ1v) is 7.11. The number of furan rings is 1. The third-order valence-corrected chi connectivity index (χ3v) is 2.80. The highest BCUT2D eigenvalue weighted by atomic mass is 16.5. The molecule has 0 bridgehead atoms. The van der Waals surface area contributed by atoms with E-state index < -0.39 is 11.9 Å². The molecular formula is C15H21NO6. The zero-order chi connectivity index (χ0) is 16.9. The van der Waals surface area contributed by atoms with Crippen molar-refractivity contribution in [1.29, 1.82) is 0 Å². The smallest absolute Gasteiger partial charge is 0.344 e. The zero-order valence-corrected chi connectivity index (χ0v) is 13.4. The number of ether oxygens (including phenoxy) is 2. The zero-order valence-electron chi connectivity index (χ0n) is 13.4. The van der Waals surface area contributed by atoms with Crippen molar-refractivity contribution in [2.45, 2.75) is 34.6 Å². The summed E-state index contributed by atoms with van der Waals surface area (Å²) in [7, 11) is 0. The summed E-state index contributed by atoms with van der Waals surface area (Å²) in [5, 5.41) is 2.49. The molecule has 0 fully saturated rings. The third-order valence-electron chi connectivity index (χ3n) is 2.80. The topological polar surface area (TPSA) is 94.8 Å². The van der Waals surface area contributed by atoms with Crippen LogP contribution in [-0.4, -0.2) is 31.1 Å². The summed E-state index contributed by atoms with van der Waals surface area (Å²) in [5.41, 5.74) is -0.147. The van der Waals surface area contributed by atoms with Gasteiger partial charge in [0.05, 0.1) is 13.2 Å². The summed E-state index contributed by atoms with van der Waals surface area (Å²) < 4.78 is 15.2. The highest BCUT2D eigenvalue weighted by Gasteiger charge is 2.31. The van der Waals surface area contributed by atoms with Crippen molar-refractivity contribution in [1.82, 2.24) is 0 Å². The average molecular weight is 311 g/mol. The van der Waals surface area contributed by atoms with Crippen LogP contribution >= 0.6 is 0 Å². The molecule has 0 spiro atoms. The second-order valence-corrected chi connectivity index (χ2v) is 4.82. The molecule has 22 heavy (non-hydrogen) atoms. The fraction of sp³-hybridized carbons (Fsp3) is 0.533. The first-order chi connectivity index (χ1) is 10.3. The lowest BCUT2D eigenvalue weighted by Crippen LogP contribution is -2.20. The maximum Gasteiger partial charge on any atom is 0.344 e. The predicted molar refractivity (Wildman–Crippen MR) is 78.8 cm³/mol. The lowest BCUT2D eigenvalue weighted by atomic mass is 10.1. The largest absolute Gasteiger partial charge is 0.462 e. The van der Waals surface area contributed by atoms with Crippen LogP contribution in [0, 0.1) is 12.8 Å². The summed E-state index contributed by atoms with van der Waals surface area (Å²) in [6.07, 6.45) is 0. The standard InChI is InChI=1S/C15H21NO6/c1-6-20-14(18)10-9(5)22-13(16-12(17)8(3)4)11(10)15(19)21-7-2/h8H,6-7H2,1-5H3,(H,16,17). The lowest BCUT2D eigenvalue weighted by molar-refractivity contribution is -0.119. The number of amides is 1. The number of hydrogen-bond donors (Lipinski definition) is 1. The summed E-state index contributed by atoms with van der Waals surface area (Å²) in [5.74, 6) is -2.02. The first-order valence-electron chi connectivity index (χ1n) is 7.11. The van der Waals surface area contributed by atoms with E-state index in [0.29, 0.717) is 0 Å². The van der Waals surface area contributed by atoms with E-state index in [4.69, 9.17) is 13.9 Å². The number of rotatable bonds is 6. The van der Waals surface area contributed by atoms with Crippen LogP contribution in [0.4, 0.5) is 5.88 Å². The minimum absolute atomic E-state index is 0.0284. The van der Waals surface area contributed by atoms with Crippen molar-refractivity contribution in [2.75, 3.05) is 18.5 Å². The minimum Gasteiger partial charge on any atom is -0.462 e. The second kappa shape index (κ2) is 7.63. The van der Waals surface area contributed by atoms with E-state index in [1.54, 1.807) is 27.7 Å². The molecule has 122 valence electrons. The van der Waals surface area contributed by atoms with Gasteiger partial charge in [-0.1, -0.05) is 13.8 Å². The van der Waals surface area contributed by atoms with Gasteiger partial charge >= 0.3 is 11.9 Å². The summed E-state index contributed by atoms with van der Waals surface area (Å²) in [6.45, 7) is 8.48. The molecule has 0 aliphatic rings. The van der Waals surface area contributed by atoms with Crippen molar-refractivity contribution in [3.8, 4) is 0 Å². The molecule has 0 aromatic carbocycles. The third kappa shape index (κ3) is 3.87. The Morgan fingerprint density at radius 3 is 2.00 bits per heavy atom. The van der Waals surface area contributed by atoms with Crippen molar-refractivity contribution in [3.63, 3.8) is 0 Å². The molecule has 0 aliphatic carbocycles. The molecule has 1 amide bonds. The fourth-order valence-electron chi connectivity index (χ4n) is 1.74. The molecular weight excluding hydrogens is 290 g/mol. The Labute approximate surface area is 129 Å². The van der Waals surface area contributed by atoms with Gasteiger partial charge in [-0.15, -0.1) is 0 Å². The average Bonchev–Trinajstić information content (AvgIpc) is 2.75. The van der Waals surface area contributed by atoms with E-state index >= 15 is 0 Å². The Hall–Kier alpha value is -2.31. The second-order valence-electron chi connectivity index (χ2n) is 4.82. The maximum atomic E-state index is 12.1. The minimum atomic E-state index is -0.749. The molecule has 0 aliphatic heterocycles. The Morgan fingerprint density at radius 1 is 1.05 bits per heavy atom. The van der Waals surface area contributed by atoms with Gasteiger partial charge in [0.15, 0.2) is 0 Å². The fourth-order valence-corrected chi connectivity index (χ4v) is 1.74. The SMILES string of the molecule is CCOC(=O)c1c(C)oc(NC(=O)C(C)C)c1C(=O)OCC. The Balaban J connectivity index is 3.32. The summed E-state index contributed by atoms with van der Waals surface area (Å²) >= 11 is 0. The highest BCUT2D eigenvalue weighted by Crippen LogP contribution is 2.29. The quantitative estimate of drug-likeness (QED) is 0.811. The van der Waals surface area contributed by atoms with Gasteiger partial charge in [0.25, 0.3) is 0 Å². The van der Waals surface area contributed by atoms with Crippen molar-refractivity contribution < 1.29 is 28.3 Å². The molecule has 0 unspecified atom stereocenters. The van der Waals surface area contributed by atoms with E-state index in [-0.39, 0.29) is 47.8 Å². The number of hydrogen-bond acceptors (Lipinski definition) is 6. The number of aryl methyl sites for hydroxylation is 1. The van der Waals surface area contributed by atoms with E-state index in [9.17, 15) is 14.4 Å². The van der Waals surface area contributed by atoms with Gasteiger partial charge in [0.1, 0.15) is 16.9 Å². The molecule has 0 saturated carbocycles. The van der Waals surface area contributed by atoms with Crippen LogP contribution in [0.25, 0.3) is 0 Å². The Morgan fingerprint density at radius 2 is 1.55 bits per heavy atom. The molecule has 7 nitrogen and oxygen atoms in total. The van der Waals surface area contributed by atoms with Crippen LogP contribution in [0.1, 0.15) is 54.2 Å². The van der Waals surface area contributed by atoms with Gasteiger partial charge in [0, 0.05) is 5.92 Å². The van der Waals surface area contributed by atoms with Crippen LogP contribution in [0.2, 0.25) is 0 Å². The van der Waals surface area contributed by atoms with E-state index in [1.165, 1.54) is 6.92 Å². The Bertz CT molecular complexity index is 573. The summed E-state index contributed by atoms with van der Waals surface area (Å²) in [6, 6.07) is 0. The van der Waals surface area contributed by atoms with Crippen LogP contribution < -0.4 is 5.32 Å². The molecule has 1 N–H and O–H groups in total. The van der Waals surface area contributed by atoms with Gasteiger partial charge in [-0.05, 0) is 20.8 Å². The summed E-state index contributed by atoms with van der Waals surface area (Å²) in [4.78, 5) is 36.0. The normalized spacial score (nSPS) is 10.5. The van der Waals surface area contributed by atoms with Gasteiger partial charge in [-0.25, -0.2) is 9.59 Å². The highest BCUT2D eigenvalue weighted by molar-refractivity contribution is 6.09. The number of nitrogens with one attached hydrogen (secondary N) is 1. The van der Waals surface area contributed by atoms with Crippen LogP contribution in [0.15, 0.2) is 4.42 Å². The monoisotopic (exact) mass is 311 g/mol. The van der Waals surface area contributed by atoms with E-state index in [0.717, 1.165) is 0 Å². The molecule has 1 aromatic rings. The van der Waals surface area contributed by atoms with Gasteiger partial charge in [-0.3, -0.25) is 10.1 Å².